The standard InChI is InChI=1S/C21H35N5O/c1-16(2)25(4)15-19-10-6-5-9-18(19)13-24-21(23-3)26-11-7-8-17(14-26)12-20(22)27/h5-6,9-10,16-17H,7-8,11-15H2,1-4H3,(H2,22,27)(H,23,24). The number of hydrogen-bond donors (Lipinski definition) is 2. The molecule has 1 unspecified atom stereocenters. The molecule has 0 bridgehead atoms. The van der Waals surface area contributed by atoms with E-state index in [1.54, 1.807) is 0 Å². The van der Waals surface area contributed by atoms with E-state index in [2.05, 4.69) is 65.3 Å². The van der Waals surface area contributed by atoms with Gasteiger partial charge < -0.3 is 16.0 Å². The lowest BCUT2D eigenvalue weighted by molar-refractivity contribution is -0.119. The highest BCUT2D eigenvalue weighted by Gasteiger charge is 2.23. The van der Waals surface area contributed by atoms with Crippen molar-refractivity contribution in [1.29, 1.82) is 0 Å². The first-order chi connectivity index (χ1) is 12.9. The van der Waals surface area contributed by atoms with Gasteiger partial charge in [0.05, 0.1) is 0 Å². The fourth-order valence-corrected chi connectivity index (χ4v) is 3.55. The summed E-state index contributed by atoms with van der Waals surface area (Å²) in [6.45, 7) is 7.89. The molecule has 1 aliphatic rings. The second kappa shape index (κ2) is 10.3. The van der Waals surface area contributed by atoms with Crippen LogP contribution in [0.4, 0.5) is 0 Å². The van der Waals surface area contributed by atoms with Crippen LogP contribution in [0.1, 0.15) is 44.2 Å². The maximum Gasteiger partial charge on any atom is 0.217 e. The summed E-state index contributed by atoms with van der Waals surface area (Å²) in [6.07, 6.45) is 2.58. The summed E-state index contributed by atoms with van der Waals surface area (Å²) in [5, 5.41) is 3.51. The summed E-state index contributed by atoms with van der Waals surface area (Å²) in [5.74, 6) is 1.01. The minimum Gasteiger partial charge on any atom is -0.370 e. The van der Waals surface area contributed by atoms with Gasteiger partial charge in [-0.2, -0.15) is 0 Å². The first-order valence-electron chi connectivity index (χ1n) is 9.91. The average Bonchev–Trinajstić information content (AvgIpc) is 2.63. The lowest BCUT2D eigenvalue weighted by Gasteiger charge is -2.34. The van der Waals surface area contributed by atoms with Crippen molar-refractivity contribution in [1.82, 2.24) is 15.1 Å². The molecule has 0 aromatic heterocycles. The van der Waals surface area contributed by atoms with Gasteiger partial charge in [-0.05, 0) is 50.8 Å². The lowest BCUT2D eigenvalue weighted by Crippen LogP contribution is -2.47. The monoisotopic (exact) mass is 373 g/mol. The Labute approximate surface area is 163 Å². The van der Waals surface area contributed by atoms with E-state index in [1.807, 2.05) is 7.05 Å². The highest BCUT2D eigenvalue weighted by molar-refractivity contribution is 5.80. The number of amides is 1. The maximum absolute atomic E-state index is 11.3. The number of carbonyl (C=O) groups excluding carboxylic acids is 1. The van der Waals surface area contributed by atoms with Gasteiger partial charge in [-0.15, -0.1) is 0 Å². The van der Waals surface area contributed by atoms with Crippen LogP contribution in [0.5, 0.6) is 0 Å². The molecular weight excluding hydrogens is 338 g/mol. The Balaban J connectivity index is 1.99. The summed E-state index contributed by atoms with van der Waals surface area (Å²) >= 11 is 0. The van der Waals surface area contributed by atoms with E-state index < -0.39 is 0 Å². The highest BCUT2D eigenvalue weighted by Crippen LogP contribution is 2.19. The smallest absolute Gasteiger partial charge is 0.217 e. The van der Waals surface area contributed by atoms with Crippen molar-refractivity contribution < 1.29 is 4.79 Å². The van der Waals surface area contributed by atoms with Gasteiger partial charge in [-0.1, -0.05) is 24.3 Å². The minimum atomic E-state index is -0.215. The van der Waals surface area contributed by atoms with Gasteiger partial charge in [0.1, 0.15) is 0 Å². The van der Waals surface area contributed by atoms with Gasteiger partial charge in [0, 0.05) is 45.7 Å². The average molecular weight is 374 g/mol. The number of rotatable bonds is 7. The number of nitrogens with one attached hydrogen (secondary N) is 1. The van der Waals surface area contributed by atoms with E-state index in [1.165, 1.54) is 11.1 Å². The normalized spacial score (nSPS) is 18.2. The van der Waals surface area contributed by atoms with E-state index in [0.717, 1.165) is 45.0 Å². The number of primary amides is 1. The zero-order valence-corrected chi connectivity index (χ0v) is 17.2. The van der Waals surface area contributed by atoms with Crippen LogP contribution in [-0.2, 0) is 17.9 Å². The number of nitrogens with zero attached hydrogens (tertiary/aromatic N) is 3. The van der Waals surface area contributed by atoms with Crippen LogP contribution in [0.25, 0.3) is 0 Å². The van der Waals surface area contributed by atoms with Crippen LogP contribution < -0.4 is 11.1 Å². The summed E-state index contributed by atoms with van der Waals surface area (Å²) < 4.78 is 0. The molecular formula is C21H35N5O. The maximum atomic E-state index is 11.3. The molecule has 6 nitrogen and oxygen atoms in total. The van der Waals surface area contributed by atoms with E-state index in [9.17, 15) is 4.79 Å². The molecule has 27 heavy (non-hydrogen) atoms. The molecule has 0 saturated carbocycles. The highest BCUT2D eigenvalue weighted by atomic mass is 16.1. The van der Waals surface area contributed by atoms with Crippen LogP contribution in [0.3, 0.4) is 0 Å². The Morgan fingerprint density at radius 3 is 2.70 bits per heavy atom. The molecule has 1 heterocycles. The zero-order chi connectivity index (χ0) is 19.8. The molecule has 1 saturated heterocycles. The molecule has 3 N–H and O–H groups in total. The minimum absolute atomic E-state index is 0.215. The van der Waals surface area contributed by atoms with Crippen LogP contribution >= 0.6 is 0 Å². The molecule has 1 atom stereocenters. The van der Waals surface area contributed by atoms with Gasteiger partial charge in [-0.25, -0.2) is 0 Å². The predicted octanol–water partition coefficient (Wildman–Crippen LogP) is 2.19. The van der Waals surface area contributed by atoms with Gasteiger partial charge in [0.2, 0.25) is 5.91 Å². The fourth-order valence-electron chi connectivity index (χ4n) is 3.55. The molecule has 1 aromatic rings. The summed E-state index contributed by atoms with van der Waals surface area (Å²) in [5.41, 5.74) is 8.01. The Bertz CT molecular complexity index is 643. The molecule has 1 aliphatic heterocycles. The van der Waals surface area contributed by atoms with Crippen LogP contribution in [0.15, 0.2) is 29.3 Å². The van der Waals surface area contributed by atoms with Crippen LogP contribution in [0, 0.1) is 5.92 Å². The second-order valence-corrected chi connectivity index (χ2v) is 7.80. The topological polar surface area (TPSA) is 74.0 Å². The molecule has 6 heteroatoms. The van der Waals surface area contributed by atoms with Crippen molar-refractivity contribution in [3.8, 4) is 0 Å². The molecule has 0 radical (unpaired) electrons. The van der Waals surface area contributed by atoms with Crippen LogP contribution in [0.2, 0.25) is 0 Å². The lowest BCUT2D eigenvalue weighted by atomic mass is 9.95. The number of piperidine rings is 1. The number of nitrogens with two attached hydrogens (primary N) is 1. The van der Waals surface area contributed by atoms with E-state index in [-0.39, 0.29) is 5.91 Å². The zero-order valence-electron chi connectivity index (χ0n) is 17.2. The van der Waals surface area contributed by atoms with Gasteiger partial charge in [0.15, 0.2) is 5.96 Å². The fraction of sp³-hybridized carbons (Fsp3) is 0.619. The third-order valence-electron chi connectivity index (χ3n) is 5.38. The Morgan fingerprint density at radius 1 is 1.37 bits per heavy atom. The first kappa shape index (κ1) is 21.2. The third-order valence-corrected chi connectivity index (χ3v) is 5.38. The van der Waals surface area contributed by atoms with Crippen molar-refractivity contribution in [3.05, 3.63) is 35.4 Å². The van der Waals surface area contributed by atoms with Crippen molar-refractivity contribution in [2.75, 3.05) is 27.2 Å². The molecule has 1 amide bonds. The molecule has 0 spiro atoms. The Morgan fingerprint density at radius 2 is 2.07 bits per heavy atom. The summed E-state index contributed by atoms with van der Waals surface area (Å²) in [4.78, 5) is 20.3. The molecule has 2 rings (SSSR count). The number of benzene rings is 1. The van der Waals surface area contributed by atoms with E-state index in [0.29, 0.717) is 18.4 Å². The summed E-state index contributed by atoms with van der Waals surface area (Å²) in [7, 11) is 3.97. The largest absolute Gasteiger partial charge is 0.370 e. The van der Waals surface area contributed by atoms with Crippen molar-refractivity contribution >= 4 is 11.9 Å². The molecule has 1 aromatic carbocycles. The number of aliphatic imine (C=N–C) groups is 1. The van der Waals surface area contributed by atoms with E-state index in [4.69, 9.17) is 5.73 Å². The van der Waals surface area contributed by atoms with Crippen LogP contribution in [-0.4, -0.2) is 54.9 Å². The third kappa shape index (κ3) is 6.54. The number of carbonyl (C=O) groups is 1. The number of guanidine groups is 1. The van der Waals surface area contributed by atoms with Gasteiger partial charge in [-0.3, -0.25) is 14.7 Å². The van der Waals surface area contributed by atoms with Crippen molar-refractivity contribution in [2.24, 2.45) is 16.6 Å². The molecule has 0 aliphatic carbocycles. The Hall–Kier alpha value is -2.08. The number of likely N-dealkylation sites (tertiary alicyclic amines) is 1. The first-order valence-corrected chi connectivity index (χ1v) is 9.91. The molecule has 150 valence electrons. The summed E-state index contributed by atoms with van der Waals surface area (Å²) in [6, 6.07) is 9.07. The van der Waals surface area contributed by atoms with Crippen molar-refractivity contribution in [3.63, 3.8) is 0 Å². The second-order valence-electron chi connectivity index (χ2n) is 7.80. The van der Waals surface area contributed by atoms with E-state index >= 15 is 0 Å². The van der Waals surface area contributed by atoms with Gasteiger partial charge in [0.25, 0.3) is 0 Å². The molecule has 1 fully saturated rings. The van der Waals surface area contributed by atoms with Crippen molar-refractivity contribution in [2.45, 2.75) is 52.2 Å². The SMILES string of the molecule is CN=C(NCc1ccccc1CN(C)C(C)C)N1CCCC(CC(N)=O)C1. The predicted molar refractivity (Wildman–Crippen MR) is 111 cm³/mol. The van der Waals surface area contributed by atoms with Gasteiger partial charge >= 0.3 is 0 Å². The number of hydrogen-bond acceptors (Lipinski definition) is 3. The Kier molecular flexibility index (Phi) is 8.10. The quantitative estimate of drug-likeness (QED) is 0.568.